The van der Waals surface area contributed by atoms with Crippen LogP contribution in [-0.2, 0) is 0 Å². The molecule has 23 heavy (non-hydrogen) atoms. The van der Waals surface area contributed by atoms with Gasteiger partial charge in [0.05, 0.1) is 5.56 Å². The second-order valence-electron chi connectivity index (χ2n) is 6.25. The zero-order chi connectivity index (χ0) is 16.7. The third-order valence-corrected chi connectivity index (χ3v) is 4.78. The third kappa shape index (κ3) is 4.93. The summed E-state index contributed by atoms with van der Waals surface area (Å²) in [6.07, 6.45) is 6.54. The molecule has 1 N–H and O–H groups in total. The Morgan fingerprint density at radius 1 is 1.35 bits per heavy atom. The van der Waals surface area contributed by atoms with Gasteiger partial charge in [-0.2, -0.15) is 0 Å². The van der Waals surface area contributed by atoms with E-state index in [1.165, 1.54) is 25.8 Å². The topological polar surface area (TPSA) is 48.5 Å². The molecule has 0 spiro atoms. The molecule has 2 heterocycles. The van der Waals surface area contributed by atoms with Gasteiger partial charge in [0.2, 0.25) is 0 Å². The van der Waals surface area contributed by atoms with Crippen molar-refractivity contribution in [2.75, 3.05) is 38.1 Å². The van der Waals surface area contributed by atoms with Gasteiger partial charge < -0.3 is 15.1 Å². The Balaban J connectivity index is 1.81. The van der Waals surface area contributed by atoms with Crippen molar-refractivity contribution in [3.05, 3.63) is 23.9 Å². The molecule has 1 aliphatic rings. The largest absolute Gasteiger partial charge is 0.357 e. The normalized spacial score (nSPS) is 18.7. The van der Waals surface area contributed by atoms with E-state index >= 15 is 0 Å². The summed E-state index contributed by atoms with van der Waals surface area (Å²) < 4.78 is 0. The molecule has 0 unspecified atom stereocenters. The van der Waals surface area contributed by atoms with Crippen molar-refractivity contribution in [1.29, 1.82) is 0 Å². The van der Waals surface area contributed by atoms with Crippen molar-refractivity contribution in [3.63, 3.8) is 0 Å². The Bertz CT molecular complexity index is 484. The standard InChI is InChI=1S/C18H30N4O/c1-4-22(5-2)17-10-9-15(14-20-17)18(23)19-12-11-16-8-6-7-13-21(16)3/h9-10,14,16H,4-8,11-13H2,1-3H3,(H,19,23)/t16-/m0/s1. The van der Waals surface area contributed by atoms with Crippen molar-refractivity contribution in [2.45, 2.75) is 45.6 Å². The minimum atomic E-state index is -0.0259. The predicted octanol–water partition coefficient (Wildman–Crippen LogP) is 2.53. The molecule has 0 aromatic carbocycles. The number of aromatic nitrogens is 1. The van der Waals surface area contributed by atoms with Crippen LogP contribution in [0.15, 0.2) is 18.3 Å². The van der Waals surface area contributed by atoms with Crippen molar-refractivity contribution in [1.82, 2.24) is 15.2 Å². The van der Waals surface area contributed by atoms with Crippen molar-refractivity contribution in [3.8, 4) is 0 Å². The molecule has 1 aromatic rings. The van der Waals surface area contributed by atoms with Crippen LogP contribution in [0, 0.1) is 0 Å². The maximum Gasteiger partial charge on any atom is 0.252 e. The zero-order valence-electron chi connectivity index (χ0n) is 14.7. The van der Waals surface area contributed by atoms with Gasteiger partial charge in [0.25, 0.3) is 5.91 Å². The van der Waals surface area contributed by atoms with E-state index in [1.54, 1.807) is 6.20 Å². The molecule has 0 aliphatic carbocycles. The molecule has 0 radical (unpaired) electrons. The molecule has 1 atom stereocenters. The monoisotopic (exact) mass is 318 g/mol. The van der Waals surface area contributed by atoms with Crippen LogP contribution in [0.5, 0.6) is 0 Å². The number of amides is 1. The molecule has 0 bridgehead atoms. The average Bonchev–Trinajstić information content (AvgIpc) is 2.58. The number of carbonyl (C=O) groups is 1. The molecule has 1 saturated heterocycles. The highest BCUT2D eigenvalue weighted by molar-refractivity contribution is 5.94. The average molecular weight is 318 g/mol. The molecule has 5 heteroatoms. The first-order chi connectivity index (χ1) is 11.2. The summed E-state index contributed by atoms with van der Waals surface area (Å²) in [5.74, 6) is 0.900. The summed E-state index contributed by atoms with van der Waals surface area (Å²) in [6.45, 7) is 7.96. The maximum atomic E-state index is 12.2. The number of piperidine rings is 1. The van der Waals surface area contributed by atoms with E-state index in [2.05, 4.69) is 41.0 Å². The summed E-state index contributed by atoms with van der Waals surface area (Å²) in [5, 5.41) is 3.02. The van der Waals surface area contributed by atoms with Gasteiger partial charge in [-0.1, -0.05) is 6.42 Å². The Morgan fingerprint density at radius 3 is 2.74 bits per heavy atom. The third-order valence-electron chi connectivity index (χ3n) is 4.78. The number of carbonyl (C=O) groups excluding carboxylic acids is 1. The SMILES string of the molecule is CCN(CC)c1ccc(C(=O)NCC[C@@H]2CCCCN2C)cn1. The number of hydrogen-bond donors (Lipinski definition) is 1. The summed E-state index contributed by atoms with van der Waals surface area (Å²) in [7, 11) is 2.18. The quantitative estimate of drug-likeness (QED) is 0.839. The van der Waals surface area contributed by atoms with Gasteiger partial charge in [0, 0.05) is 31.9 Å². The van der Waals surface area contributed by atoms with Gasteiger partial charge in [0.1, 0.15) is 5.82 Å². The number of rotatable bonds is 7. The molecule has 0 saturated carbocycles. The molecule has 5 nitrogen and oxygen atoms in total. The van der Waals surface area contributed by atoms with Crippen molar-refractivity contribution >= 4 is 11.7 Å². The Kier molecular flexibility index (Phi) is 6.84. The van der Waals surface area contributed by atoms with Crippen LogP contribution in [0.25, 0.3) is 0 Å². The molecule has 2 rings (SSSR count). The van der Waals surface area contributed by atoms with Crippen LogP contribution >= 0.6 is 0 Å². The van der Waals surface area contributed by atoms with E-state index in [0.29, 0.717) is 11.6 Å². The predicted molar refractivity (Wildman–Crippen MR) is 95.0 cm³/mol. The second kappa shape index (κ2) is 8.87. The highest BCUT2D eigenvalue weighted by atomic mass is 16.1. The van der Waals surface area contributed by atoms with Gasteiger partial charge >= 0.3 is 0 Å². The van der Waals surface area contributed by atoms with Crippen LogP contribution in [0.3, 0.4) is 0 Å². The van der Waals surface area contributed by atoms with E-state index in [-0.39, 0.29) is 5.91 Å². The number of hydrogen-bond acceptors (Lipinski definition) is 4. The fraction of sp³-hybridized carbons (Fsp3) is 0.667. The van der Waals surface area contributed by atoms with Crippen LogP contribution in [0.4, 0.5) is 5.82 Å². The first kappa shape index (κ1) is 17.7. The second-order valence-corrected chi connectivity index (χ2v) is 6.25. The van der Waals surface area contributed by atoms with E-state index in [9.17, 15) is 4.79 Å². The van der Waals surface area contributed by atoms with Crippen LogP contribution in [-0.4, -0.2) is 55.1 Å². The highest BCUT2D eigenvalue weighted by Crippen LogP contribution is 2.17. The fourth-order valence-corrected chi connectivity index (χ4v) is 3.22. The lowest BCUT2D eigenvalue weighted by Gasteiger charge is -2.32. The lowest BCUT2D eigenvalue weighted by Crippen LogP contribution is -2.39. The maximum absolute atomic E-state index is 12.2. The number of pyridine rings is 1. The van der Waals surface area contributed by atoms with Gasteiger partial charge in [-0.15, -0.1) is 0 Å². The van der Waals surface area contributed by atoms with Crippen molar-refractivity contribution in [2.24, 2.45) is 0 Å². The molecular weight excluding hydrogens is 288 g/mol. The Labute approximate surface area is 140 Å². The number of likely N-dealkylation sites (tertiary alicyclic amines) is 1. The fourth-order valence-electron chi connectivity index (χ4n) is 3.22. The molecular formula is C18H30N4O. The highest BCUT2D eigenvalue weighted by Gasteiger charge is 2.18. The molecule has 1 amide bonds. The Morgan fingerprint density at radius 2 is 2.13 bits per heavy atom. The van der Waals surface area contributed by atoms with E-state index in [0.717, 1.165) is 31.9 Å². The van der Waals surface area contributed by atoms with E-state index < -0.39 is 0 Å². The van der Waals surface area contributed by atoms with Crippen molar-refractivity contribution < 1.29 is 4.79 Å². The minimum absolute atomic E-state index is 0.0259. The van der Waals surface area contributed by atoms with Crippen LogP contribution in [0.1, 0.15) is 49.9 Å². The van der Waals surface area contributed by atoms with Gasteiger partial charge in [-0.05, 0) is 58.8 Å². The molecule has 1 aromatic heterocycles. The lowest BCUT2D eigenvalue weighted by atomic mass is 10.0. The van der Waals surface area contributed by atoms with Gasteiger partial charge in [-0.25, -0.2) is 4.98 Å². The van der Waals surface area contributed by atoms with E-state index in [1.807, 2.05) is 12.1 Å². The Hall–Kier alpha value is -1.62. The van der Waals surface area contributed by atoms with Gasteiger partial charge in [0.15, 0.2) is 0 Å². The first-order valence-electron chi connectivity index (χ1n) is 8.85. The number of nitrogens with zero attached hydrogens (tertiary/aromatic N) is 3. The van der Waals surface area contributed by atoms with E-state index in [4.69, 9.17) is 0 Å². The van der Waals surface area contributed by atoms with Crippen LogP contribution in [0.2, 0.25) is 0 Å². The molecule has 128 valence electrons. The number of anilines is 1. The lowest BCUT2D eigenvalue weighted by molar-refractivity contribution is 0.0945. The summed E-state index contributed by atoms with van der Waals surface area (Å²) in [6, 6.07) is 4.40. The first-order valence-corrected chi connectivity index (χ1v) is 8.85. The number of nitrogens with one attached hydrogen (secondary N) is 1. The summed E-state index contributed by atoms with van der Waals surface area (Å²) in [5.41, 5.74) is 0.637. The smallest absolute Gasteiger partial charge is 0.252 e. The van der Waals surface area contributed by atoms with Crippen LogP contribution < -0.4 is 10.2 Å². The molecule has 1 aliphatic heterocycles. The summed E-state index contributed by atoms with van der Waals surface area (Å²) >= 11 is 0. The molecule has 1 fully saturated rings. The summed E-state index contributed by atoms with van der Waals surface area (Å²) in [4.78, 5) is 21.2. The van der Waals surface area contributed by atoms with Gasteiger partial charge in [-0.3, -0.25) is 4.79 Å². The zero-order valence-corrected chi connectivity index (χ0v) is 14.7. The minimum Gasteiger partial charge on any atom is -0.357 e.